The molecule has 1 aliphatic rings. The molecule has 18 heavy (non-hydrogen) atoms. The minimum absolute atomic E-state index is 0.0305. The summed E-state index contributed by atoms with van der Waals surface area (Å²) in [6.07, 6.45) is 6.23. The summed E-state index contributed by atoms with van der Waals surface area (Å²) in [7, 11) is 0. The molecule has 0 aromatic heterocycles. The Balaban J connectivity index is 2.11. The number of aliphatic carboxylic acids is 1. The molecular formula is C14H26O4. The van der Waals surface area contributed by atoms with E-state index in [4.69, 9.17) is 14.6 Å². The summed E-state index contributed by atoms with van der Waals surface area (Å²) < 4.78 is 11.3. The molecule has 1 rings (SSSR count). The van der Waals surface area contributed by atoms with Gasteiger partial charge >= 0.3 is 5.97 Å². The first-order valence-corrected chi connectivity index (χ1v) is 6.95. The van der Waals surface area contributed by atoms with Crippen LogP contribution in [0.5, 0.6) is 0 Å². The predicted octanol–water partition coefficient (Wildman–Crippen LogP) is 3.20. The van der Waals surface area contributed by atoms with Crippen LogP contribution in [0.3, 0.4) is 0 Å². The summed E-state index contributed by atoms with van der Waals surface area (Å²) in [5.41, 5.74) is 0.0965. The number of carboxylic acid groups (broad SMARTS) is 1. The SMILES string of the molecule is CC(C)(CCCCC(=O)O)CO[C@@H]1CCCCO1. The van der Waals surface area contributed by atoms with Crippen LogP contribution in [0, 0.1) is 5.41 Å². The van der Waals surface area contributed by atoms with Crippen LogP contribution in [0.4, 0.5) is 0 Å². The summed E-state index contributed by atoms with van der Waals surface area (Å²) in [4.78, 5) is 10.4. The third-order valence-corrected chi connectivity index (χ3v) is 3.29. The van der Waals surface area contributed by atoms with Gasteiger partial charge in [-0.2, -0.15) is 0 Å². The first kappa shape index (κ1) is 15.4. The number of hydrogen-bond acceptors (Lipinski definition) is 3. The summed E-state index contributed by atoms with van der Waals surface area (Å²) in [5, 5.41) is 8.58. The molecule has 1 heterocycles. The zero-order valence-electron chi connectivity index (χ0n) is 11.6. The van der Waals surface area contributed by atoms with Crippen molar-refractivity contribution in [3.05, 3.63) is 0 Å². The highest BCUT2D eigenvalue weighted by Gasteiger charge is 2.22. The van der Waals surface area contributed by atoms with Gasteiger partial charge in [0.05, 0.1) is 6.61 Å². The Morgan fingerprint density at radius 2 is 2.17 bits per heavy atom. The fourth-order valence-corrected chi connectivity index (χ4v) is 2.11. The molecule has 0 aromatic rings. The summed E-state index contributed by atoms with van der Waals surface area (Å²) in [6.45, 7) is 5.82. The van der Waals surface area contributed by atoms with Gasteiger partial charge in [0, 0.05) is 13.0 Å². The van der Waals surface area contributed by atoms with Crippen molar-refractivity contribution in [1.29, 1.82) is 0 Å². The third-order valence-electron chi connectivity index (χ3n) is 3.29. The smallest absolute Gasteiger partial charge is 0.303 e. The van der Waals surface area contributed by atoms with E-state index in [1.807, 2.05) is 0 Å². The first-order chi connectivity index (χ1) is 8.49. The van der Waals surface area contributed by atoms with Crippen LogP contribution in [-0.2, 0) is 14.3 Å². The van der Waals surface area contributed by atoms with Gasteiger partial charge in [-0.05, 0) is 37.5 Å². The average Bonchev–Trinajstić information content (AvgIpc) is 2.34. The molecule has 0 aromatic carbocycles. The van der Waals surface area contributed by atoms with Crippen LogP contribution in [-0.4, -0.2) is 30.6 Å². The lowest BCUT2D eigenvalue weighted by molar-refractivity contribution is -0.176. The molecule has 0 aliphatic carbocycles. The van der Waals surface area contributed by atoms with E-state index in [9.17, 15) is 4.79 Å². The topological polar surface area (TPSA) is 55.8 Å². The molecule has 0 amide bonds. The average molecular weight is 258 g/mol. The molecule has 1 N–H and O–H groups in total. The van der Waals surface area contributed by atoms with Crippen LogP contribution >= 0.6 is 0 Å². The molecule has 0 spiro atoms. The highest BCUT2D eigenvalue weighted by atomic mass is 16.7. The van der Waals surface area contributed by atoms with E-state index in [0.717, 1.165) is 38.7 Å². The minimum atomic E-state index is -0.709. The van der Waals surface area contributed by atoms with E-state index in [2.05, 4.69) is 13.8 Å². The van der Waals surface area contributed by atoms with E-state index < -0.39 is 5.97 Å². The molecule has 106 valence electrons. The maximum absolute atomic E-state index is 10.4. The van der Waals surface area contributed by atoms with E-state index in [1.54, 1.807) is 0 Å². The zero-order valence-corrected chi connectivity index (χ0v) is 11.6. The largest absolute Gasteiger partial charge is 0.481 e. The van der Waals surface area contributed by atoms with Gasteiger partial charge in [-0.3, -0.25) is 4.79 Å². The third kappa shape index (κ3) is 6.97. The number of rotatable bonds is 8. The lowest BCUT2D eigenvalue weighted by Gasteiger charge is -2.29. The standard InChI is InChI=1S/C14H26O4/c1-14(2,9-5-3-7-12(15)16)11-18-13-8-4-6-10-17-13/h13H,3-11H2,1-2H3,(H,15,16)/t13-/m1/s1. The number of carboxylic acids is 1. The monoisotopic (exact) mass is 258 g/mol. The van der Waals surface area contributed by atoms with Crippen molar-refractivity contribution in [3.8, 4) is 0 Å². The second-order valence-electron chi connectivity index (χ2n) is 5.87. The zero-order chi connectivity index (χ0) is 13.4. The molecule has 0 saturated carbocycles. The number of ether oxygens (including phenoxy) is 2. The number of carbonyl (C=O) groups is 1. The Labute approximate surface area is 110 Å². The molecule has 0 bridgehead atoms. The van der Waals surface area contributed by atoms with E-state index in [-0.39, 0.29) is 18.1 Å². The fourth-order valence-electron chi connectivity index (χ4n) is 2.11. The normalized spacial score (nSPS) is 20.9. The van der Waals surface area contributed by atoms with E-state index in [1.165, 1.54) is 6.42 Å². The highest BCUT2D eigenvalue weighted by Crippen LogP contribution is 2.26. The molecular weight excluding hydrogens is 232 g/mol. The van der Waals surface area contributed by atoms with Gasteiger partial charge in [0.25, 0.3) is 0 Å². The lowest BCUT2D eigenvalue weighted by Crippen LogP contribution is -2.28. The minimum Gasteiger partial charge on any atom is -0.481 e. The summed E-state index contributed by atoms with van der Waals surface area (Å²) >= 11 is 0. The maximum atomic E-state index is 10.4. The fraction of sp³-hybridized carbons (Fsp3) is 0.929. The van der Waals surface area contributed by atoms with Crippen molar-refractivity contribution < 1.29 is 19.4 Å². The molecule has 4 heteroatoms. The van der Waals surface area contributed by atoms with Gasteiger partial charge in [-0.15, -0.1) is 0 Å². The second-order valence-corrected chi connectivity index (χ2v) is 5.87. The van der Waals surface area contributed by atoms with Crippen molar-refractivity contribution >= 4 is 5.97 Å². The predicted molar refractivity (Wildman–Crippen MR) is 69.4 cm³/mol. The Kier molecular flexibility index (Phi) is 6.65. The Morgan fingerprint density at radius 1 is 1.39 bits per heavy atom. The summed E-state index contributed by atoms with van der Waals surface area (Å²) in [5.74, 6) is -0.709. The lowest BCUT2D eigenvalue weighted by atomic mass is 9.88. The van der Waals surface area contributed by atoms with E-state index >= 15 is 0 Å². The Morgan fingerprint density at radius 3 is 2.78 bits per heavy atom. The number of hydrogen-bond donors (Lipinski definition) is 1. The quantitative estimate of drug-likeness (QED) is 0.679. The maximum Gasteiger partial charge on any atom is 0.303 e. The molecule has 0 unspecified atom stereocenters. The Bertz CT molecular complexity index is 244. The van der Waals surface area contributed by atoms with Crippen molar-refractivity contribution in [2.75, 3.05) is 13.2 Å². The molecule has 1 fully saturated rings. The van der Waals surface area contributed by atoms with Crippen molar-refractivity contribution in [2.45, 2.75) is 65.1 Å². The van der Waals surface area contributed by atoms with Crippen LogP contribution in [0.1, 0.15) is 58.8 Å². The van der Waals surface area contributed by atoms with Crippen molar-refractivity contribution in [1.82, 2.24) is 0 Å². The highest BCUT2D eigenvalue weighted by molar-refractivity contribution is 5.66. The molecule has 1 aliphatic heterocycles. The van der Waals surface area contributed by atoms with Gasteiger partial charge in [0.2, 0.25) is 0 Å². The number of unbranched alkanes of at least 4 members (excludes halogenated alkanes) is 1. The second kappa shape index (κ2) is 7.74. The van der Waals surface area contributed by atoms with Crippen LogP contribution in [0.15, 0.2) is 0 Å². The van der Waals surface area contributed by atoms with E-state index in [0.29, 0.717) is 6.61 Å². The summed E-state index contributed by atoms with van der Waals surface area (Å²) in [6, 6.07) is 0. The van der Waals surface area contributed by atoms with Crippen LogP contribution in [0.25, 0.3) is 0 Å². The molecule has 1 saturated heterocycles. The van der Waals surface area contributed by atoms with Crippen LogP contribution < -0.4 is 0 Å². The van der Waals surface area contributed by atoms with Crippen LogP contribution in [0.2, 0.25) is 0 Å². The van der Waals surface area contributed by atoms with Gasteiger partial charge in [0.15, 0.2) is 6.29 Å². The van der Waals surface area contributed by atoms with Crippen molar-refractivity contribution in [3.63, 3.8) is 0 Å². The molecule has 1 atom stereocenters. The molecule has 4 nitrogen and oxygen atoms in total. The van der Waals surface area contributed by atoms with Gasteiger partial charge in [-0.1, -0.05) is 20.3 Å². The van der Waals surface area contributed by atoms with Gasteiger partial charge < -0.3 is 14.6 Å². The Hall–Kier alpha value is -0.610. The molecule has 0 radical (unpaired) electrons. The van der Waals surface area contributed by atoms with Gasteiger partial charge in [-0.25, -0.2) is 0 Å². The first-order valence-electron chi connectivity index (χ1n) is 6.95. The van der Waals surface area contributed by atoms with Gasteiger partial charge in [0.1, 0.15) is 0 Å². The van der Waals surface area contributed by atoms with Crippen molar-refractivity contribution in [2.24, 2.45) is 5.41 Å².